The minimum Gasteiger partial charge on any atom is -0.495 e. The summed E-state index contributed by atoms with van der Waals surface area (Å²) < 4.78 is 16.9. The van der Waals surface area contributed by atoms with E-state index in [-0.39, 0.29) is 18.8 Å². The first-order chi connectivity index (χ1) is 9.61. The number of hydrogen-bond donors (Lipinski definition) is 2. The van der Waals surface area contributed by atoms with E-state index in [1.165, 1.54) is 0 Å². The van der Waals surface area contributed by atoms with E-state index in [1.807, 2.05) is 6.07 Å². The second kappa shape index (κ2) is 5.14. The molecule has 0 aromatic heterocycles. The quantitative estimate of drug-likeness (QED) is 0.873. The first-order valence-corrected chi connectivity index (χ1v) is 7.03. The number of carbonyl (C=O) groups is 1. The summed E-state index contributed by atoms with van der Waals surface area (Å²) in [5.74, 6) is 0.761. The van der Waals surface area contributed by atoms with Crippen LogP contribution in [0.2, 0.25) is 0 Å². The van der Waals surface area contributed by atoms with Gasteiger partial charge in [0.15, 0.2) is 11.5 Å². The fraction of sp³-hybridized carbons (Fsp3) is 0.462. The summed E-state index contributed by atoms with van der Waals surface area (Å²) in [6.45, 7) is 0.631. The van der Waals surface area contributed by atoms with Crippen molar-refractivity contribution in [3.63, 3.8) is 0 Å². The average molecular weight is 344 g/mol. The van der Waals surface area contributed by atoms with Crippen LogP contribution in [0.1, 0.15) is 18.0 Å². The first kappa shape index (κ1) is 13.5. The predicted molar refractivity (Wildman–Crippen MR) is 73.3 cm³/mol. The molecule has 0 amide bonds. The average Bonchev–Trinajstić information content (AvgIpc) is 3.07. The Hall–Kier alpha value is -1.47. The molecule has 0 radical (unpaired) electrons. The Morgan fingerprint density at radius 3 is 3.00 bits per heavy atom. The van der Waals surface area contributed by atoms with E-state index < -0.39 is 5.97 Å². The molecule has 20 heavy (non-hydrogen) atoms. The van der Waals surface area contributed by atoms with E-state index in [4.69, 9.17) is 19.3 Å². The molecule has 0 aliphatic carbocycles. The van der Waals surface area contributed by atoms with Gasteiger partial charge in [0, 0.05) is 18.2 Å². The molecular formula is C13H14BrNO5. The molecule has 6 nitrogen and oxygen atoms in total. The van der Waals surface area contributed by atoms with Gasteiger partial charge in [-0.25, -0.2) is 0 Å². The van der Waals surface area contributed by atoms with Crippen LogP contribution in [0.15, 0.2) is 10.5 Å². The normalized spacial score (nSPS) is 23.9. The highest BCUT2D eigenvalue weighted by atomic mass is 79.9. The zero-order valence-corrected chi connectivity index (χ0v) is 12.4. The van der Waals surface area contributed by atoms with Gasteiger partial charge in [0.2, 0.25) is 6.79 Å². The third kappa shape index (κ3) is 2.10. The van der Waals surface area contributed by atoms with Crippen LogP contribution in [-0.2, 0) is 4.79 Å². The summed E-state index contributed by atoms with van der Waals surface area (Å²) in [6.07, 6.45) is 0.526. The van der Waals surface area contributed by atoms with Gasteiger partial charge in [-0.05, 0) is 28.4 Å². The van der Waals surface area contributed by atoms with Gasteiger partial charge in [0.1, 0.15) is 10.2 Å². The maximum atomic E-state index is 11.1. The lowest BCUT2D eigenvalue weighted by Crippen LogP contribution is -2.17. The van der Waals surface area contributed by atoms with Crippen LogP contribution in [0.5, 0.6) is 17.2 Å². The zero-order chi connectivity index (χ0) is 14.3. The summed E-state index contributed by atoms with van der Waals surface area (Å²) in [4.78, 5) is 11.1. The van der Waals surface area contributed by atoms with Crippen LogP contribution in [0.3, 0.4) is 0 Å². The maximum Gasteiger partial charge on any atom is 0.307 e. The van der Waals surface area contributed by atoms with Crippen LogP contribution in [0.4, 0.5) is 0 Å². The molecule has 2 aliphatic heterocycles. The molecule has 2 atom stereocenters. The molecule has 1 fully saturated rings. The number of benzene rings is 1. The number of halogens is 1. The number of aliphatic carboxylic acids is 1. The SMILES string of the molecule is COc1c(C2CC(C(=O)O)CN2)cc2c(c1Br)OCO2. The Labute approximate surface area is 124 Å². The fourth-order valence-electron chi connectivity index (χ4n) is 2.63. The largest absolute Gasteiger partial charge is 0.495 e. The monoisotopic (exact) mass is 343 g/mol. The van der Waals surface area contributed by atoms with Crippen molar-refractivity contribution in [3.05, 3.63) is 16.1 Å². The van der Waals surface area contributed by atoms with Crippen molar-refractivity contribution < 1.29 is 24.1 Å². The second-order valence-electron chi connectivity index (χ2n) is 4.78. The van der Waals surface area contributed by atoms with Crippen molar-refractivity contribution in [1.82, 2.24) is 5.32 Å². The van der Waals surface area contributed by atoms with Crippen molar-refractivity contribution in [2.75, 3.05) is 20.4 Å². The second-order valence-corrected chi connectivity index (χ2v) is 5.57. The Morgan fingerprint density at radius 1 is 1.55 bits per heavy atom. The van der Waals surface area contributed by atoms with Gasteiger partial charge in [-0.15, -0.1) is 0 Å². The van der Waals surface area contributed by atoms with Crippen LogP contribution in [0, 0.1) is 5.92 Å². The molecule has 2 aliphatic rings. The predicted octanol–water partition coefficient (Wildman–Crippen LogP) is 1.92. The summed E-state index contributed by atoms with van der Waals surface area (Å²) in [5.41, 5.74) is 0.882. The number of carboxylic acids is 1. The van der Waals surface area contributed by atoms with Gasteiger partial charge in [0.05, 0.1) is 13.0 Å². The van der Waals surface area contributed by atoms with E-state index in [0.29, 0.717) is 34.7 Å². The molecule has 2 N–H and O–H groups in total. The number of nitrogens with one attached hydrogen (secondary N) is 1. The van der Waals surface area contributed by atoms with Crippen LogP contribution >= 0.6 is 15.9 Å². The van der Waals surface area contributed by atoms with Crippen LogP contribution in [-0.4, -0.2) is 31.5 Å². The molecule has 1 aromatic rings. The van der Waals surface area contributed by atoms with Gasteiger partial charge in [-0.1, -0.05) is 0 Å². The molecule has 0 spiro atoms. The van der Waals surface area contributed by atoms with Crippen molar-refractivity contribution in [2.24, 2.45) is 5.92 Å². The highest BCUT2D eigenvalue weighted by Gasteiger charge is 2.34. The number of methoxy groups -OCH3 is 1. The smallest absolute Gasteiger partial charge is 0.307 e. The van der Waals surface area contributed by atoms with Gasteiger partial charge < -0.3 is 24.6 Å². The van der Waals surface area contributed by atoms with E-state index in [9.17, 15) is 4.79 Å². The Morgan fingerprint density at radius 2 is 2.35 bits per heavy atom. The fourth-order valence-corrected chi connectivity index (χ4v) is 3.33. The number of carboxylic acid groups (broad SMARTS) is 1. The first-order valence-electron chi connectivity index (χ1n) is 6.24. The highest BCUT2D eigenvalue weighted by Crippen LogP contribution is 2.49. The topological polar surface area (TPSA) is 77.0 Å². The Bertz CT molecular complexity index is 562. The minimum absolute atomic E-state index is 0.0724. The molecule has 0 bridgehead atoms. The van der Waals surface area contributed by atoms with E-state index in [1.54, 1.807) is 7.11 Å². The lowest BCUT2D eigenvalue weighted by atomic mass is 9.99. The molecule has 108 valence electrons. The molecule has 2 unspecified atom stereocenters. The van der Waals surface area contributed by atoms with Crippen LogP contribution < -0.4 is 19.5 Å². The van der Waals surface area contributed by atoms with Crippen LogP contribution in [0.25, 0.3) is 0 Å². The molecular weight excluding hydrogens is 330 g/mol. The summed E-state index contributed by atoms with van der Waals surface area (Å²) in [6, 6.07) is 1.78. The van der Waals surface area contributed by atoms with Gasteiger partial charge in [0.25, 0.3) is 0 Å². The summed E-state index contributed by atoms with van der Waals surface area (Å²) >= 11 is 3.46. The van der Waals surface area contributed by atoms with Crippen molar-refractivity contribution in [3.8, 4) is 17.2 Å². The molecule has 0 saturated carbocycles. The molecule has 3 rings (SSSR count). The Balaban J connectivity index is 1.98. The molecule has 1 aromatic carbocycles. The van der Waals surface area contributed by atoms with Gasteiger partial charge in [-0.3, -0.25) is 4.79 Å². The number of rotatable bonds is 3. The lowest BCUT2D eigenvalue weighted by molar-refractivity contribution is -0.141. The molecule has 7 heteroatoms. The number of hydrogen-bond acceptors (Lipinski definition) is 5. The Kier molecular flexibility index (Phi) is 3.47. The van der Waals surface area contributed by atoms with Crippen molar-refractivity contribution in [1.29, 1.82) is 0 Å². The maximum absolute atomic E-state index is 11.1. The summed E-state index contributed by atoms with van der Waals surface area (Å²) in [5, 5.41) is 12.3. The van der Waals surface area contributed by atoms with Gasteiger partial charge in [-0.2, -0.15) is 0 Å². The minimum atomic E-state index is -0.779. The molecule has 2 heterocycles. The third-order valence-corrected chi connectivity index (χ3v) is 4.37. The highest BCUT2D eigenvalue weighted by molar-refractivity contribution is 9.10. The standard InChI is InChI=1S/C13H14BrNO5/c1-18-11-7(8-2-6(4-15-8)13(16)17)3-9-12(10(11)14)20-5-19-9/h3,6,8,15H,2,4-5H2,1H3,(H,16,17). The van der Waals surface area contributed by atoms with Gasteiger partial charge >= 0.3 is 5.97 Å². The molecule has 1 saturated heterocycles. The lowest BCUT2D eigenvalue weighted by Gasteiger charge is -2.17. The number of ether oxygens (including phenoxy) is 3. The van der Waals surface area contributed by atoms with Crippen molar-refractivity contribution in [2.45, 2.75) is 12.5 Å². The third-order valence-electron chi connectivity index (χ3n) is 3.65. The summed E-state index contributed by atoms with van der Waals surface area (Å²) in [7, 11) is 1.58. The van der Waals surface area contributed by atoms with E-state index in [2.05, 4.69) is 21.2 Å². The van der Waals surface area contributed by atoms with E-state index >= 15 is 0 Å². The zero-order valence-electron chi connectivity index (χ0n) is 10.8. The van der Waals surface area contributed by atoms with E-state index in [0.717, 1.165) is 5.56 Å². The number of fused-ring (bicyclic) bond motifs is 1. The van der Waals surface area contributed by atoms with Crippen molar-refractivity contribution >= 4 is 21.9 Å².